The van der Waals surface area contributed by atoms with Crippen molar-refractivity contribution in [3.63, 3.8) is 0 Å². The predicted octanol–water partition coefficient (Wildman–Crippen LogP) is 3.01. The number of piperidine rings is 2. The van der Waals surface area contributed by atoms with E-state index in [1.807, 2.05) is 49.1 Å². The summed E-state index contributed by atoms with van der Waals surface area (Å²) in [5.41, 5.74) is 3.09. The van der Waals surface area contributed by atoms with Gasteiger partial charge in [0.05, 0.1) is 23.2 Å². The molecule has 0 bridgehead atoms. The number of rotatable bonds is 6. The molecule has 0 atom stereocenters. The molecular formula is C26H37N5O3S. The van der Waals surface area contributed by atoms with Gasteiger partial charge in [-0.15, -0.1) is 0 Å². The summed E-state index contributed by atoms with van der Waals surface area (Å²) in [7, 11) is -3.31. The van der Waals surface area contributed by atoms with E-state index in [0.29, 0.717) is 25.2 Å². The third-order valence-corrected chi connectivity index (χ3v) is 9.09. The summed E-state index contributed by atoms with van der Waals surface area (Å²) in [6.45, 7) is 9.55. The van der Waals surface area contributed by atoms with Crippen LogP contribution in [0.4, 0.5) is 0 Å². The van der Waals surface area contributed by atoms with E-state index in [1.165, 1.54) is 12.6 Å². The van der Waals surface area contributed by atoms with Crippen molar-refractivity contribution in [1.82, 2.24) is 24.1 Å². The van der Waals surface area contributed by atoms with Crippen LogP contribution in [0, 0.1) is 13.8 Å². The van der Waals surface area contributed by atoms with Crippen LogP contribution in [-0.4, -0.2) is 82.4 Å². The number of aryl methyl sites for hydroxylation is 2. The van der Waals surface area contributed by atoms with Crippen LogP contribution in [0.5, 0.6) is 0 Å². The molecule has 2 saturated heterocycles. The topological polar surface area (TPSA) is 86.7 Å². The fraction of sp³-hybridized carbons (Fsp3) is 0.577. The van der Waals surface area contributed by atoms with Crippen molar-refractivity contribution in [2.75, 3.05) is 32.4 Å². The van der Waals surface area contributed by atoms with Gasteiger partial charge in [0.15, 0.2) is 0 Å². The molecule has 0 spiro atoms. The second-order valence-corrected chi connectivity index (χ2v) is 12.2. The lowest BCUT2D eigenvalue weighted by Gasteiger charge is -2.50. The molecule has 190 valence electrons. The van der Waals surface area contributed by atoms with Gasteiger partial charge in [-0.25, -0.2) is 18.4 Å². The first kappa shape index (κ1) is 25.7. The SMILES string of the molecule is Cc1ncnc(C)c1C(=O)N1CCC(C)(N2CCC(N(Cc3ccccc3)S(C)(=O)=O)CC2)CC1. The Kier molecular flexibility index (Phi) is 7.59. The van der Waals surface area contributed by atoms with Gasteiger partial charge < -0.3 is 4.90 Å². The molecule has 1 aromatic heterocycles. The minimum Gasteiger partial charge on any atom is -0.338 e. The van der Waals surface area contributed by atoms with Crippen LogP contribution in [0.2, 0.25) is 0 Å². The monoisotopic (exact) mass is 499 g/mol. The first-order chi connectivity index (χ1) is 16.6. The molecular weight excluding hydrogens is 462 g/mol. The quantitative estimate of drug-likeness (QED) is 0.607. The number of benzene rings is 1. The first-order valence-electron chi connectivity index (χ1n) is 12.4. The number of sulfonamides is 1. The van der Waals surface area contributed by atoms with E-state index in [-0.39, 0.29) is 17.5 Å². The minimum atomic E-state index is -3.31. The molecule has 0 saturated carbocycles. The third kappa shape index (κ3) is 5.73. The van der Waals surface area contributed by atoms with E-state index in [9.17, 15) is 13.2 Å². The average Bonchev–Trinajstić information content (AvgIpc) is 2.83. The third-order valence-electron chi connectivity index (χ3n) is 7.81. The molecule has 1 aromatic carbocycles. The molecule has 0 radical (unpaired) electrons. The highest BCUT2D eigenvalue weighted by molar-refractivity contribution is 7.88. The highest BCUT2D eigenvalue weighted by atomic mass is 32.2. The molecule has 1 amide bonds. The smallest absolute Gasteiger partial charge is 0.257 e. The van der Waals surface area contributed by atoms with E-state index >= 15 is 0 Å². The summed E-state index contributed by atoms with van der Waals surface area (Å²) in [5, 5.41) is 0. The summed E-state index contributed by atoms with van der Waals surface area (Å²) < 4.78 is 26.9. The molecule has 35 heavy (non-hydrogen) atoms. The fourth-order valence-electron chi connectivity index (χ4n) is 5.54. The normalized spacial score (nSPS) is 19.7. The lowest BCUT2D eigenvalue weighted by Crippen LogP contribution is -2.58. The highest BCUT2D eigenvalue weighted by Crippen LogP contribution is 2.33. The van der Waals surface area contributed by atoms with Gasteiger partial charge in [0.2, 0.25) is 10.0 Å². The van der Waals surface area contributed by atoms with Crippen LogP contribution in [0.1, 0.15) is 59.9 Å². The summed E-state index contributed by atoms with van der Waals surface area (Å²) in [6, 6.07) is 9.81. The van der Waals surface area contributed by atoms with Crippen LogP contribution >= 0.6 is 0 Å². The Morgan fingerprint density at radius 1 is 1.03 bits per heavy atom. The van der Waals surface area contributed by atoms with E-state index in [2.05, 4.69) is 21.8 Å². The molecule has 3 heterocycles. The number of likely N-dealkylation sites (tertiary alicyclic amines) is 2. The molecule has 2 aliphatic rings. The Morgan fingerprint density at radius 2 is 1.60 bits per heavy atom. The molecule has 4 rings (SSSR count). The van der Waals surface area contributed by atoms with E-state index in [0.717, 1.165) is 55.7 Å². The van der Waals surface area contributed by atoms with Crippen molar-refractivity contribution >= 4 is 15.9 Å². The molecule has 8 nitrogen and oxygen atoms in total. The number of hydrogen-bond acceptors (Lipinski definition) is 6. The van der Waals surface area contributed by atoms with Crippen molar-refractivity contribution in [3.8, 4) is 0 Å². The lowest BCUT2D eigenvalue weighted by molar-refractivity contribution is 0.00947. The van der Waals surface area contributed by atoms with E-state index < -0.39 is 10.0 Å². The van der Waals surface area contributed by atoms with E-state index in [1.54, 1.807) is 4.31 Å². The van der Waals surface area contributed by atoms with Gasteiger partial charge in [0.25, 0.3) is 5.91 Å². The summed E-state index contributed by atoms with van der Waals surface area (Å²) in [6.07, 6.45) is 6.25. The van der Waals surface area contributed by atoms with Gasteiger partial charge in [-0.05, 0) is 52.0 Å². The Balaban J connectivity index is 1.36. The maximum absolute atomic E-state index is 13.2. The Morgan fingerprint density at radius 3 is 2.14 bits per heavy atom. The molecule has 2 aromatic rings. The fourth-order valence-corrected chi connectivity index (χ4v) is 6.68. The number of amides is 1. The minimum absolute atomic E-state index is 0.00831. The van der Waals surface area contributed by atoms with Gasteiger partial charge in [-0.1, -0.05) is 30.3 Å². The molecule has 0 N–H and O–H groups in total. The average molecular weight is 500 g/mol. The zero-order chi connectivity index (χ0) is 25.2. The van der Waals surface area contributed by atoms with Gasteiger partial charge in [0.1, 0.15) is 6.33 Å². The van der Waals surface area contributed by atoms with Crippen LogP contribution in [0.15, 0.2) is 36.7 Å². The van der Waals surface area contributed by atoms with Gasteiger partial charge >= 0.3 is 0 Å². The van der Waals surface area contributed by atoms with Crippen LogP contribution in [-0.2, 0) is 16.6 Å². The van der Waals surface area contributed by atoms with Gasteiger partial charge in [-0.3, -0.25) is 9.69 Å². The highest BCUT2D eigenvalue weighted by Gasteiger charge is 2.40. The van der Waals surface area contributed by atoms with Crippen molar-refractivity contribution in [3.05, 3.63) is 59.2 Å². The second kappa shape index (κ2) is 10.3. The zero-order valence-electron chi connectivity index (χ0n) is 21.3. The van der Waals surface area contributed by atoms with Gasteiger partial charge in [0, 0.05) is 44.3 Å². The van der Waals surface area contributed by atoms with Crippen molar-refractivity contribution < 1.29 is 13.2 Å². The Hall–Kier alpha value is -2.36. The summed E-state index contributed by atoms with van der Waals surface area (Å²) in [4.78, 5) is 26.0. The molecule has 0 aliphatic carbocycles. The number of aromatic nitrogens is 2. The maximum atomic E-state index is 13.2. The van der Waals surface area contributed by atoms with Crippen LogP contribution < -0.4 is 0 Å². The standard InChI is InChI=1S/C26H37N5O3S/c1-20-24(21(2)28-19-27-20)25(32)29-16-12-26(3,13-17-29)30-14-10-23(11-15-30)31(35(4,33)34)18-22-8-6-5-7-9-22/h5-9,19,23H,10-18H2,1-4H3. The zero-order valence-corrected chi connectivity index (χ0v) is 22.1. The summed E-state index contributed by atoms with van der Waals surface area (Å²) in [5.74, 6) is 0.0195. The second-order valence-electron chi connectivity index (χ2n) is 10.2. The Bertz CT molecular complexity index is 1120. The summed E-state index contributed by atoms with van der Waals surface area (Å²) >= 11 is 0. The first-order valence-corrected chi connectivity index (χ1v) is 14.3. The number of carbonyl (C=O) groups excluding carboxylic acids is 1. The molecule has 2 fully saturated rings. The Labute approximate surface area is 209 Å². The molecule has 0 unspecified atom stereocenters. The van der Waals surface area contributed by atoms with Crippen LogP contribution in [0.25, 0.3) is 0 Å². The van der Waals surface area contributed by atoms with Crippen molar-refractivity contribution in [1.29, 1.82) is 0 Å². The largest absolute Gasteiger partial charge is 0.338 e. The van der Waals surface area contributed by atoms with E-state index in [4.69, 9.17) is 0 Å². The lowest BCUT2D eigenvalue weighted by atomic mass is 9.85. The molecule has 2 aliphatic heterocycles. The van der Waals surface area contributed by atoms with Crippen molar-refractivity contribution in [2.24, 2.45) is 0 Å². The number of carbonyl (C=O) groups is 1. The molecule has 9 heteroatoms. The van der Waals surface area contributed by atoms with Gasteiger partial charge in [-0.2, -0.15) is 4.31 Å². The number of nitrogens with zero attached hydrogens (tertiary/aromatic N) is 5. The maximum Gasteiger partial charge on any atom is 0.257 e. The van der Waals surface area contributed by atoms with Crippen LogP contribution in [0.3, 0.4) is 0 Å². The number of hydrogen-bond donors (Lipinski definition) is 0. The van der Waals surface area contributed by atoms with Crippen molar-refractivity contribution in [2.45, 2.75) is 64.6 Å². The predicted molar refractivity (Wildman–Crippen MR) is 136 cm³/mol.